The van der Waals surface area contributed by atoms with Gasteiger partial charge < -0.3 is 4.98 Å². The van der Waals surface area contributed by atoms with Crippen molar-refractivity contribution in [1.29, 1.82) is 0 Å². The Labute approximate surface area is 142 Å². The van der Waals surface area contributed by atoms with Crippen LogP contribution in [0.1, 0.15) is 28.4 Å². The lowest BCUT2D eigenvalue weighted by Gasteiger charge is -2.02. The van der Waals surface area contributed by atoms with E-state index in [0.717, 1.165) is 27.4 Å². The highest BCUT2D eigenvalue weighted by atomic mass is 79.9. The monoisotopic (exact) mass is 369 g/mol. The molecule has 0 atom stereocenters. The van der Waals surface area contributed by atoms with Crippen molar-refractivity contribution in [3.63, 3.8) is 0 Å². The van der Waals surface area contributed by atoms with Gasteiger partial charge in [0, 0.05) is 27.1 Å². The van der Waals surface area contributed by atoms with Gasteiger partial charge in [0.25, 0.3) is 5.91 Å². The summed E-state index contributed by atoms with van der Waals surface area (Å²) in [6.07, 6.45) is 4.53. The van der Waals surface area contributed by atoms with Crippen molar-refractivity contribution in [1.82, 2.24) is 10.4 Å². The first-order valence-corrected chi connectivity index (χ1v) is 8.17. The summed E-state index contributed by atoms with van der Waals surface area (Å²) in [7, 11) is 0. The number of hydrazone groups is 1. The summed E-state index contributed by atoms with van der Waals surface area (Å²) < 4.78 is 0.743. The number of nitrogens with one attached hydrogen (secondary N) is 2. The molecule has 0 aliphatic rings. The van der Waals surface area contributed by atoms with Crippen molar-refractivity contribution in [2.75, 3.05) is 0 Å². The van der Waals surface area contributed by atoms with Crippen molar-refractivity contribution in [2.45, 2.75) is 13.3 Å². The first-order valence-electron chi connectivity index (χ1n) is 7.37. The molecule has 1 aromatic heterocycles. The molecular weight excluding hydrogens is 354 g/mol. The number of hydrogen-bond acceptors (Lipinski definition) is 2. The molecule has 0 saturated heterocycles. The van der Waals surface area contributed by atoms with Crippen molar-refractivity contribution < 1.29 is 4.79 Å². The Morgan fingerprint density at radius 3 is 2.87 bits per heavy atom. The highest BCUT2D eigenvalue weighted by molar-refractivity contribution is 9.10. The van der Waals surface area contributed by atoms with Crippen LogP contribution in [-0.2, 0) is 6.42 Å². The van der Waals surface area contributed by atoms with Crippen LogP contribution in [0.15, 0.2) is 58.2 Å². The Morgan fingerprint density at radius 1 is 1.26 bits per heavy atom. The SMILES string of the molecule is CCc1cccc2c(C=NNC(=O)c3ccccc3Br)c[nH]c12. The van der Waals surface area contributed by atoms with E-state index in [2.05, 4.69) is 44.4 Å². The van der Waals surface area contributed by atoms with Crippen LogP contribution in [0.2, 0.25) is 0 Å². The van der Waals surface area contributed by atoms with E-state index in [-0.39, 0.29) is 5.91 Å². The molecule has 4 nitrogen and oxygen atoms in total. The first-order chi connectivity index (χ1) is 11.2. The zero-order valence-corrected chi connectivity index (χ0v) is 14.2. The van der Waals surface area contributed by atoms with Crippen LogP contribution in [0, 0.1) is 0 Å². The van der Waals surface area contributed by atoms with E-state index in [0.29, 0.717) is 5.56 Å². The van der Waals surface area contributed by atoms with Gasteiger partial charge in [-0.15, -0.1) is 0 Å². The minimum atomic E-state index is -0.247. The molecule has 0 bridgehead atoms. The average Bonchev–Trinajstić information content (AvgIpc) is 2.98. The largest absolute Gasteiger partial charge is 0.360 e. The number of rotatable bonds is 4. The van der Waals surface area contributed by atoms with E-state index < -0.39 is 0 Å². The van der Waals surface area contributed by atoms with Crippen LogP contribution in [0.5, 0.6) is 0 Å². The fourth-order valence-electron chi connectivity index (χ4n) is 2.51. The zero-order chi connectivity index (χ0) is 16.2. The second-order valence-electron chi connectivity index (χ2n) is 5.12. The Balaban J connectivity index is 1.79. The van der Waals surface area contributed by atoms with E-state index >= 15 is 0 Å². The summed E-state index contributed by atoms with van der Waals surface area (Å²) in [6.45, 7) is 2.13. The molecular formula is C18H16BrN3O. The fraction of sp³-hybridized carbons (Fsp3) is 0.111. The van der Waals surface area contributed by atoms with Gasteiger partial charge in [-0.3, -0.25) is 4.79 Å². The van der Waals surface area contributed by atoms with Gasteiger partial charge in [-0.2, -0.15) is 5.10 Å². The molecule has 0 aliphatic carbocycles. The maximum absolute atomic E-state index is 12.1. The van der Waals surface area contributed by atoms with Gasteiger partial charge in [-0.05, 0) is 40.0 Å². The van der Waals surface area contributed by atoms with Crippen molar-refractivity contribution in [3.05, 3.63) is 69.8 Å². The molecule has 3 aromatic rings. The number of halogens is 1. The molecule has 3 rings (SSSR count). The van der Waals surface area contributed by atoms with Gasteiger partial charge in [-0.25, -0.2) is 5.43 Å². The van der Waals surface area contributed by atoms with Gasteiger partial charge in [0.05, 0.1) is 11.8 Å². The second kappa shape index (κ2) is 6.79. The average molecular weight is 370 g/mol. The molecule has 5 heteroatoms. The minimum absolute atomic E-state index is 0.247. The lowest BCUT2D eigenvalue weighted by atomic mass is 10.1. The van der Waals surface area contributed by atoms with Crippen molar-refractivity contribution in [2.24, 2.45) is 5.10 Å². The highest BCUT2D eigenvalue weighted by Gasteiger charge is 2.08. The molecule has 0 unspecified atom stereocenters. The Morgan fingerprint density at radius 2 is 2.09 bits per heavy atom. The molecule has 0 fully saturated rings. The van der Waals surface area contributed by atoms with Crippen molar-refractivity contribution in [3.8, 4) is 0 Å². The third kappa shape index (κ3) is 3.19. The summed E-state index contributed by atoms with van der Waals surface area (Å²) in [5.41, 5.74) is 6.44. The Kier molecular flexibility index (Phi) is 4.57. The fourth-order valence-corrected chi connectivity index (χ4v) is 2.97. The third-order valence-electron chi connectivity index (χ3n) is 3.70. The summed E-state index contributed by atoms with van der Waals surface area (Å²) in [4.78, 5) is 15.4. The van der Waals surface area contributed by atoms with Gasteiger partial charge >= 0.3 is 0 Å². The van der Waals surface area contributed by atoms with Crippen LogP contribution in [-0.4, -0.2) is 17.1 Å². The van der Waals surface area contributed by atoms with Crippen LogP contribution < -0.4 is 5.43 Å². The molecule has 116 valence electrons. The van der Waals surface area contributed by atoms with E-state index in [1.54, 1.807) is 12.3 Å². The molecule has 2 N–H and O–H groups in total. The first kappa shape index (κ1) is 15.5. The van der Waals surface area contributed by atoms with Crippen LogP contribution in [0.3, 0.4) is 0 Å². The van der Waals surface area contributed by atoms with Gasteiger partial charge in [-0.1, -0.05) is 37.3 Å². The van der Waals surface area contributed by atoms with Gasteiger partial charge in [0.2, 0.25) is 0 Å². The maximum atomic E-state index is 12.1. The Bertz CT molecular complexity index is 883. The molecule has 0 radical (unpaired) electrons. The topological polar surface area (TPSA) is 57.2 Å². The quantitative estimate of drug-likeness (QED) is 0.523. The number of hydrogen-bond donors (Lipinski definition) is 2. The molecule has 23 heavy (non-hydrogen) atoms. The number of aryl methyl sites for hydroxylation is 1. The number of nitrogens with zero attached hydrogens (tertiary/aromatic N) is 1. The predicted octanol–water partition coefficient (Wildman–Crippen LogP) is 4.26. The summed E-state index contributed by atoms with van der Waals surface area (Å²) in [6, 6.07) is 13.4. The number of carbonyl (C=O) groups is 1. The van der Waals surface area contributed by atoms with Gasteiger partial charge in [0.1, 0.15) is 0 Å². The van der Waals surface area contributed by atoms with E-state index in [1.807, 2.05) is 36.5 Å². The number of aromatic amines is 1. The number of para-hydroxylation sites is 1. The predicted molar refractivity (Wildman–Crippen MR) is 96.9 cm³/mol. The number of aromatic nitrogens is 1. The van der Waals surface area contributed by atoms with E-state index in [4.69, 9.17) is 0 Å². The van der Waals surface area contributed by atoms with Crippen LogP contribution in [0.25, 0.3) is 10.9 Å². The maximum Gasteiger partial charge on any atom is 0.272 e. The zero-order valence-electron chi connectivity index (χ0n) is 12.6. The van der Waals surface area contributed by atoms with Crippen molar-refractivity contribution >= 4 is 39.0 Å². The Hall–Kier alpha value is -2.40. The summed E-state index contributed by atoms with van der Waals surface area (Å²) >= 11 is 3.36. The van der Waals surface area contributed by atoms with E-state index in [9.17, 15) is 4.79 Å². The lowest BCUT2D eigenvalue weighted by Crippen LogP contribution is -2.17. The summed E-state index contributed by atoms with van der Waals surface area (Å²) in [5, 5.41) is 5.17. The number of fused-ring (bicyclic) bond motifs is 1. The molecule has 0 aliphatic heterocycles. The number of H-pyrrole nitrogens is 1. The minimum Gasteiger partial charge on any atom is -0.360 e. The number of amides is 1. The number of carbonyl (C=O) groups excluding carboxylic acids is 1. The standard InChI is InChI=1S/C18H16BrN3O/c1-2-12-6-5-8-14-13(10-20-17(12)14)11-21-22-18(23)15-7-3-4-9-16(15)19/h3-11,20H,2H2,1H3,(H,22,23). The smallest absolute Gasteiger partial charge is 0.272 e. The molecule has 0 spiro atoms. The lowest BCUT2D eigenvalue weighted by molar-refractivity contribution is 0.0954. The van der Waals surface area contributed by atoms with Gasteiger partial charge in [0.15, 0.2) is 0 Å². The molecule has 0 saturated carbocycles. The molecule has 1 amide bonds. The van der Waals surface area contributed by atoms with E-state index in [1.165, 1.54) is 5.56 Å². The highest BCUT2D eigenvalue weighted by Crippen LogP contribution is 2.21. The molecule has 1 heterocycles. The van der Waals surface area contributed by atoms with Crippen LogP contribution >= 0.6 is 15.9 Å². The molecule has 2 aromatic carbocycles. The second-order valence-corrected chi connectivity index (χ2v) is 5.97. The normalized spacial score (nSPS) is 11.2. The van der Waals surface area contributed by atoms with Crippen LogP contribution in [0.4, 0.5) is 0 Å². The number of benzene rings is 2. The third-order valence-corrected chi connectivity index (χ3v) is 4.39. The summed E-state index contributed by atoms with van der Waals surface area (Å²) in [5.74, 6) is -0.247.